The number of nitrogens with zero attached hydrogens (tertiary/aromatic N) is 5. The number of hydrogen-bond acceptors (Lipinski definition) is 3. The number of rotatable bonds is 9. The van der Waals surface area contributed by atoms with Crippen molar-refractivity contribution in [3.8, 4) is 89.8 Å². The molecule has 0 saturated carbocycles. The minimum Gasteiger partial charge on any atom is -0.454 e. The van der Waals surface area contributed by atoms with Crippen LogP contribution in [0, 0.1) is 6.57 Å². The topological polar surface area (TPSA) is 53.1 Å². The SMILES string of the molecule is [C-]#[N+]c1cc(-n2c3ccc(-c4ccccc4)cc3c3cc(-c4ccccc4)ccc32)c2c(oc3c(-c4cc(-c5ccccc5)nc(-c5ccccc5)n4)cccc32)c1-n1c2ccc(-c3ccccc3)cc2c2cc(-c3ccccc3)ccc21. The maximum atomic E-state index is 9.33. The second-order valence-electron chi connectivity index (χ2n) is 21.1. The van der Waals surface area contributed by atoms with E-state index in [-0.39, 0.29) is 0 Å². The Labute approximate surface area is 478 Å². The Bertz CT molecular complexity index is 4980. The van der Waals surface area contributed by atoms with Gasteiger partial charge in [0.15, 0.2) is 11.4 Å². The summed E-state index contributed by atoms with van der Waals surface area (Å²) in [5.41, 5.74) is 20.3. The third-order valence-electron chi connectivity index (χ3n) is 16.4. The van der Waals surface area contributed by atoms with E-state index in [9.17, 15) is 6.57 Å². The van der Waals surface area contributed by atoms with Crippen molar-refractivity contribution < 1.29 is 4.42 Å². The molecule has 0 spiro atoms. The number of benzene rings is 12. The molecule has 0 aliphatic rings. The molecule has 386 valence electrons. The van der Waals surface area contributed by atoms with E-state index < -0.39 is 0 Å². The summed E-state index contributed by atoms with van der Waals surface area (Å²) in [5.74, 6) is 0.608. The molecular formula is C77H47N5O. The van der Waals surface area contributed by atoms with Gasteiger partial charge in [-0.1, -0.05) is 218 Å². The van der Waals surface area contributed by atoms with Gasteiger partial charge in [-0.15, -0.1) is 0 Å². The van der Waals surface area contributed by atoms with Crippen LogP contribution in [0.1, 0.15) is 0 Å². The maximum Gasteiger partial charge on any atom is 0.216 e. The van der Waals surface area contributed by atoms with Crippen LogP contribution in [0.2, 0.25) is 0 Å². The molecule has 0 fully saturated rings. The summed E-state index contributed by atoms with van der Waals surface area (Å²) in [6.07, 6.45) is 0. The third kappa shape index (κ3) is 7.94. The second kappa shape index (κ2) is 19.5. The lowest BCUT2D eigenvalue weighted by Gasteiger charge is -2.16. The van der Waals surface area contributed by atoms with Crippen molar-refractivity contribution in [1.82, 2.24) is 19.1 Å². The fourth-order valence-corrected chi connectivity index (χ4v) is 12.5. The Kier molecular flexibility index (Phi) is 11.2. The van der Waals surface area contributed by atoms with Gasteiger partial charge in [0.1, 0.15) is 5.58 Å². The van der Waals surface area contributed by atoms with Gasteiger partial charge in [0.05, 0.1) is 51.1 Å². The van der Waals surface area contributed by atoms with Gasteiger partial charge in [0, 0.05) is 49.3 Å². The van der Waals surface area contributed by atoms with E-state index in [4.69, 9.17) is 14.4 Å². The quantitative estimate of drug-likeness (QED) is 0.135. The minimum atomic E-state index is 0.447. The monoisotopic (exact) mass is 1060 g/mol. The molecule has 0 aliphatic carbocycles. The highest BCUT2D eigenvalue weighted by Crippen LogP contribution is 2.50. The molecule has 0 bridgehead atoms. The van der Waals surface area contributed by atoms with Crippen molar-refractivity contribution in [2.24, 2.45) is 0 Å². The van der Waals surface area contributed by atoms with E-state index in [1.807, 2.05) is 36.4 Å². The lowest BCUT2D eigenvalue weighted by molar-refractivity contribution is 0.667. The summed E-state index contributed by atoms with van der Waals surface area (Å²) in [7, 11) is 0. The molecule has 16 rings (SSSR count). The lowest BCUT2D eigenvalue weighted by Crippen LogP contribution is -2.00. The van der Waals surface area contributed by atoms with Crippen LogP contribution in [0.3, 0.4) is 0 Å². The predicted molar refractivity (Wildman–Crippen MR) is 342 cm³/mol. The fraction of sp³-hybridized carbons (Fsp3) is 0. The first-order valence-electron chi connectivity index (χ1n) is 27.9. The van der Waals surface area contributed by atoms with Gasteiger partial charge in [0.2, 0.25) is 5.69 Å². The Morgan fingerprint density at radius 2 is 0.711 bits per heavy atom. The van der Waals surface area contributed by atoms with Crippen molar-refractivity contribution >= 4 is 71.2 Å². The average molecular weight is 1060 g/mol. The molecule has 0 saturated heterocycles. The Morgan fingerprint density at radius 1 is 0.313 bits per heavy atom. The van der Waals surface area contributed by atoms with Crippen LogP contribution < -0.4 is 0 Å². The molecular weight excluding hydrogens is 1010 g/mol. The highest BCUT2D eigenvalue weighted by Gasteiger charge is 2.28. The molecule has 0 aliphatic heterocycles. The Balaban J connectivity index is 1.04. The lowest BCUT2D eigenvalue weighted by atomic mass is 10.0. The highest BCUT2D eigenvalue weighted by atomic mass is 16.3. The van der Waals surface area contributed by atoms with Crippen LogP contribution in [0.5, 0.6) is 0 Å². The standard InChI is InChI=1S/C77H47N5O/c1-78-67-48-72(81-68-39-35-55(49-21-8-2-9-22-49)43-61(68)62-44-56(36-40-69(62)81)50-23-10-3-11-24-50)73-60-34-20-33-59(66-47-65(53-29-16-6-17-30-53)79-77(80-66)54-31-18-7-19-32-54)75(60)83-76(73)74(67)82-70-41-37-57(51-25-12-4-13-26-51)45-63(70)64-46-58(38-42-71(64)82)52-27-14-5-15-28-52/h2-48H. The normalized spacial score (nSPS) is 11.6. The van der Waals surface area contributed by atoms with Crippen molar-refractivity contribution in [3.63, 3.8) is 0 Å². The van der Waals surface area contributed by atoms with E-state index in [2.05, 4.69) is 263 Å². The van der Waals surface area contributed by atoms with Gasteiger partial charge < -0.3 is 13.6 Å². The van der Waals surface area contributed by atoms with Crippen LogP contribution in [-0.2, 0) is 0 Å². The summed E-state index contributed by atoms with van der Waals surface area (Å²) in [6, 6.07) is 100. The van der Waals surface area contributed by atoms with Crippen LogP contribution in [-0.4, -0.2) is 19.1 Å². The maximum absolute atomic E-state index is 9.33. The summed E-state index contributed by atoms with van der Waals surface area (Å²) in [5, 5.41) is 6.10. The molecule has 0 radical (unpaired) electrons. The number of para-hydroxylation sites is 1. The van der Waals surface area contributed by atoms with Gasteiger partial charge in [-0.25, -0.2) is 14.8 Å². The van der Waals surface area contributed by atoms with E-state index in [0.29, 0.717) is 34.1 Å². The molecule has 16 aromatic rings. The first kappa shape index (κ1) is 47.6. The van der Waals surface area contributed by atoms with Crippen LogP contribution in [0.25, 0.3) is 160 Å². The Morgan fingerprint density at radius 3 is 1.14 bits per heavy atom. The number of aromatic nitrogens is 4. The van der Waals surface area contributed by atoms with Crippen LogP contribution >= 0.6 is 0 Å². The molecule has 12 aromatic carbocycles. The zero-order valence-electron chi connectivity index (χ0n) is 44.8. The first-order chi connectivity index (χ1) is 41.1. The summed E-state index contributed by atoms with van der Waals surface area (Å²) < 4.78 is 12.3. The first-order valence-corrected chi connectivity index (χ1v) is 27.9. The van der Waals surface area contributed by atoms with Crippen molar-refractivity contribution in [3.05, 3.63) is 297 Å². The zero-order chi connectivity index (χ0) is 55.0. The summed E-state index contributed by atoms with van der Waals surface area (Å²) >= 11 is 0. The van der Waals surface area contributed by atoms with Gasteiger partial charge in [-0.05, 0) is 111 Å². The van der Waals surface area contributed by atoms with E-state index in [1.165, 1.54) is 0 Å². The largest absolute Gasteiger partial charge is 0.454 e. The predicted octanol–water partition coefficient (Wildman–Crippen LogP) is 20.8. The molecule has 0 N–H and O–H groups in total. The third-order valence-corrected chi connectivity index (χ3v) is 16.4. The van der Waals surface area contributed by atoms with E-state index >= 15 is 0 Å². The molecule has 4 heterocycles. The van der Waals surface area contributed by atoms with Crippen LogP contribution in [0.4, 0.5) is 5.69 Å². The molecule has 0 unspecified atom stereocenters. The highest BCUT2D eigenvalue weighted by molar-refractivity contribution is 6.21. The van der Waals surface area contributed by atoms with Gasteiger partial charge >= 0.3 is 0 Å². The van der Waals surface area contributed by atoms with E-state index in [1.54, 1.807) is 0 Å². The van der Waals surface area contributed by atoms with Crippen molar-refractivity contribution in [1.29, 1.82) is 0 Å². The smallest absolute Gasteiger partial charge is 0.216 e. The van der Waals surface area contributed by atoms with Crippen molar-refractivity contribution in [2.75, 3.05) is 0 Å². The molecule has 0 amide bonds. The summed E-state index contributed by atoms with van der Waals surface area (Å²) in [6.45, 7) is 9.33. The average Bonchev–Trinajstić information content (AvgIpc) is 2.08. The number of furan rings is 1. The van der Waals surface area contributed by atoms with Gasteiger partial charge in [-0.2, -0.15) is 0 Å². The van der Waals surface area contributed by atoms with Gasteiger partial charge in [-0.3, -0.25) is 0 Å². The fourth-order valence-electron chi connectivity index (χ4n) is 12.5. The molecule has 6 nitrogen and oxygen atoms in total. The van der Waals surface area contributed by atoms with E-state index in [0.717, 1.165) is 127 Å². The summed E-state index contributed by atoms with van der Waals surface area (Å²) in [4.78, 5) is 15.1. The molecule has 0 atom stereocenters. The molecule has 6 heteroatoms. The number of hydrogen-bond donors (Lipinski definition) is 0. The van der Waals surface area contributed by atoms with Gasteiger partial charge in [0.25, 0.3) is 0 Å². The van der Waals surface area contributed by atoms with Crippen LogP contribution in [0.15, 0.2) is 290 Å². The second-order valence-corrected chi connectivity index (χ2v) is 21.1. The van der Waals surface area contributed by atoms with Crippen molar-refractivity contribution in [2.45, 2.75) is 0 Å². The Hall–Kier alpha value is -11.4. The zero-order valence-corrected chi connectivity index (χ0v) is 44.8. The minimum absolute atomic E-state index is 0.447. The number of fused-ring (bicyclic) bond motifs is 9. The molecule has 4 aromatic heterocycles. The molecule has 83 heavy (non-hydrogen) atoms.